The molecule has 2 aromatic rings. The molecule has 1 fully saturated rings. The summed E-state index contributed by atoms with van der Waals surface area (Å²) in [5.74, 6) is 0.769. The van der Waals surface area contributed by atoms with E-state index in [1.807, 2.05) is 6.07 Å². The zero-order chi connectivity index (χ0) is 21.3. The molecule has 6 nitrogen and oxygen atoms in total. The molecule has 0 bridgehead atoms. The van der Waals surface area contributed by atoms with E-state index in [2.05, 4.69) is 70.6 Å². The van der Waals surface area contributed by atoms with Crippen LogP contribution in [0.3, 0.4) is 0 Å². The van der Waals surface area contributed by atoms with Crippen molar-refractivity contribution < 1.29 is 0 Å². The van der Waals surface area contributed by atoms with E-state index in [-0.39, 0.29) is 11.6 Å². The van der Waals surface area contributed by atoms with E-state index in [0.29, 0.717) is 11.7 Å². The predicted molar refractivity (Wildman–Crippen MR) is 125 cm³/mol. The molecular formula is C24H29N5O. The average Bonchev–Trinajstić information content (AvgIpc) is 2.76. The van der Waals surface area contributed by atoms with Crippen molar-refractivity contribution in [1.29, 1.82) is 0 Å². The van der Waals surface area contributed by atoms with Crippen LogP contribution in [0.5, 0.6) is 0 Å². The molecule has 1 aromatic heterocycles. The number of anilines is 1. The zero-order valence-electron chi connectivity index (χ0n) is 17.5. The molecule has 2 heterocycles. The minimum Gasteiger partial charge on any atom is -0.363 e. The fourth-order valence-electron chi connectivity index (χ4n) is 3.66. The Bertz CT molecular complexity index is 982. The van der Waals surface area contributed by atoms with Gasteiger partial charge in [-0.25, -0.2) is 9.98 Å². The summed E-state index contributed by atoms with van der Waals surface area (Å²) in [7, 11) is 0. The third-order valence-electron chi connectivity index (χ3n) is 5.11. The van der Waals surface area contributed by atoms with Crippen molar-refractivity contribution in [2.75, 3.05) is 25.0 Å². The Morgan fingerprint density at radius 1 is 1.27 bits per heavy atom. The number of hydrogen-bond donors (Lipinski definition) is 1. The van der Waals surface area contributed by atoms with Gasteiger partial charge in [0.1, 0.15) is 5.84 Å². The summed E-state index contributed by atoms with van der Waals surface area (Å²) in [6.07, 6.45) is 10.3. The van der Waals surface area contributed by atoms with Crippen LogP contribution in [-0.4, -0.2) is 46.0 Å². The summed E-state index contributed by atoms with van der Waals surface area (Å²) in [4.78, 5) is 23.5. The van der Waals surface area contributed by atoms with Gasteiger partial charge in [-0.3, -0.25) is 14.3 Å². The average molecular weight is 404 g/mol. The Balaban J connectivity index is 1.58. The van der Waals surface area contributed by atoms with E-state index in [1.165, 1.54) is 28.0 Å². The molecular weight excluding hydrogens is 374 g/mol. The van der Waals surface area contributed by atoms with Crippen molar-refractivity contribution >= 4 is 17.7 Å². The van der Waals surface area contributed by atoms with Crippen molar-refractivity contribution in [2.24, 2.45) is 4.99 Å². The minimum absolute atomic E-state index is 0.222. The van der Waals surface area contributed by atoms with Crippen molar-refractivity contribution in [3.63, 3.8) is 0 Å². The van der Waals surface area contributed by atoms with Gasteiger partial charge in [0.2, 0.25) is 0 Å². The number of benzene rings is 1. The molecule has 1 aromatic carbocycles. The summed E-state index contributed by atoms with van der Waals surface area (Å²) in [6.45, 7) is 12.4. The second-order valence-corrected chi connectivity index (χ2v) is 7.42. The maximum absolute atomic E-state index is 12.8. The Morgan fingerprint density at radius 2 is 2.00 bits per heavy atom. The van der Waals surface area contributed by atoms with Crippen LogP contribution in [0.15, 0.2) is 83.5 Å². The van der Waals surface area contributed by atoms with Crippen LogP contribution in [0.4, 0.5) is 5.82 Å². The highest BCUT2D eigenvalue weighted by molar-refractivity contribution is 5.94. The molecule has 0 radical (unpaired) electrons. The maximum atomic E-state index is 12.8. The lowest BCUT2D eigenvalue weighted by Gasteiger charge is -2.32. The fraction of sp³-hybridized carbons (Fsp3) is 0.292. The van der Waals surface area contributed by atoms with Gasteiger partial charge in [0.05, 0.1) is 0 Å². The molecule has 1 N–H and O–H groups in total. The lowest BCUT2D eigenvalue weighted by atomic mass is 10.0. The van der Waals surface area contributed by atoms with Gasteiger partial charge in [-0.2, -0.15) is 0 Å². The van der Waals surface area contributed by atoms with Gasteiger partial charge in [0, 0.05) is 44.3 Å². The molecule has 1 aliphatic rings. The number of nitrogens with zero attached hydrogens (tertiary/aromatic N) is 4. The molecule has 0 aliphatic carbocycles. The van der Waals surface area contributed by atoms with Gasteiger partial charge < -0.3 is 5.32 Å². The zero-order valence-corrected chi connectivity index (χ0v) is 17.5. The molecule has 0 amide bonds. The van der Waals surface area contributed by atoms with Gasteiger partial charge in [-0.15, -0.1) is 0 Å². The van der Waals surface area contributed by atoms with Gasteiger partial charge >= 0.3 is 0 Å². The van der Waals surface area contributed by atoms with E-state index < -0.39 is 0 Å². The van der Waals surface area contributed by atoms with Gasteiger partial charge in [0.15, 0.2) is 5.82 Å². The highest BCUT2D eigenvalue weighted by Crippen LogP contribution is 2.16. The summed E-state index contributed by atoms with van der Waals surface area (Å²) in [6, 6.07) is 10.6. The number of aliphatic imine (C=N–C) groups is 1. The fourth-order valence-corrected chi connectivity index (χ4v) is 3.66. The smallest absolute Gasteiger partial charge is 0.299 e. The SMILES string of the molecule is C=CN=C(C=C)n1ccnc(NC2CCN(C/C(C)=C/c3ccccc3)CC2)c1=O. The first-order valence-electron chi connectivity index (χ1n) is 10.2. The predicted octanol–water partition coefficient (Wildman–Crippen LogP) is 3.80. The first kappa shape index (κ1) is 21.5. The molecule has 30 heavy (non-hydrogen) atoms. The third-order valence-corrected chi connectivity index (χ3v) is 5.11. The van der Waals surface area contributed by atoms with Gasteiger partial charge in [-0.05, 0) is 31.4 Å². The first-order chi connectivity index (χ1) is 14.6. The standard InChI is InChI=1S/C24H29N5O/c1-4-22(25-5-2)29-16-13-26-23(24(29)30)27-21-11-14-28(15-12-21)18-19(3)17-20-9-7-6-8-10-20/h4-10,13,16-17,21H,1-2,11-12,14-15,18H2,3H3,(H,26,27)/b19-17+,25-22?. The Kier molecular flexibility index (Phi) is 7.51. The van der Waals surface area contributed by atoms with Gasteiger partial charge in [-0.1, -0.05) is 55.1 Å². The number of aromatic nitrogens is 2. The first-order valence-corrected chi connectivity index (χ1v) is 10.2. The molecule has 0 unspecified atom stereocenters. The lowest BCUT2D eigenvalue weighted by molar-refractivity contribution is 0.236. The molecule has 0 atom stereocenters. The summed E-state index contributed by atoms with van der Waals surface area (Å²) < 4.78 is 1.43. The molecule has 1 aliphatic heterocycles. The Hall–Kier alpha value is -3.25. The monoisotopic (exact) mass is 403 g/mol. The quantitative estimate of drug-likeness (QED) is 0.564. The van der Waals surface area contributed by atoms with Crippen molar-refractivity contribution in [2.45, 2.75) is 25.8 Å². The molecule has 0 spiro atoms. The number of rotatable bonds is 7. The molecule has 1 saturated heterocycles. The number of allylic oxidation sites excluding steroid dienone is 1. The van der Waals surface area contributed by atoms with Crippen LogP contribution in [0.25, 0.3) is 6.08 Å². The highest BCUT2D eigenvalue weighted by Gasteiger charge is 2.20. The number of nitrogens with one attached hydrogen (secondary N) is 1. The lowest BCUT2D eigenvalue weighted by Crippen LogP contribution is -2.41. The van der Waals surface area contributed by atoms with Crippen LogP contribution in [-0.2, 0) is 0 Å². The van der Waals surface area contributed by atoms with Crippen LogP contribution in [0.2, 0.25) is 0 Å². The highest BCUT2D eigenvalue weighted by atomic mass is 16.1. The molecule has 0 saturated carbocycles. The molecule has 156 valence electrons. The van der Waals surface area contributed by atoms with Crippen molar-refractivity contribution in [3.05, 3.63) is 89.6 Å². The van der Waals surface area contributed by atoms with Crippen molar-refractivity contribution in [1.82, 2.24) is 14.5 Å². The van der Waals surface area contributed by atoms with E-state index in [0.717, 1.165) is 32.5 Å². The van der Waals surface area contributed by atoms with Gasteiger partial charge in [0.25, 0.3) is 5.56 Å². The van der Waals surface area contributed by atoms with Crippen LogP contribution in [0, 0.1) is 0 Å². The number of piperidine rings is 1. The largest absolute Gasteiger partial charge is 0.363 e. The Labute approximate surface area is 178 Å². The maximum Gasteiger partial charge on any atom is 0.299 e. The van der Waals surface area contributed by atoms with E-state index >= 15 is 0 Å². The second kappa shape index (κ2) is 10.5. The van der Waals surface area contributed by atoms with Crippen LogP contribution < -0.4 is 10.9 Å². The Morgan fingerprint density at radius 3 is 2.67 bits per heavy atom. The summed E-state index contributed by atoms with van der Waals surface area (Å²) in [5, 5.41) is 3.32. The van der Waals surface area contributed by atoms with Crippen LogP contribution in [0.1, 0.15) is 25.3 Å². The van der Waals surface area contributed by atoms with Crippen LogP contribution >= 0.6 is 0 Å². The number of likely N-dealkylation sites (tertiary alicyclic amines) is 1. The summed E-state index contributed by atoms with van der Waals surface area (Å²) >= 11 is 0. The van der Waals surface area contributed by atoms with E-state index in [4.69, 9.17) is 0 Å². The van der Waals surface area contributed by atoms with E-state index in [1.54, 1.807) is 12.4 Å². The number of hydrogen-bond acceptors (Lipinski definition) is 5. The molecule has 3 rings (SSSR count). The molecule has 6 heteroatoms. The second-order valence-electron chi connectivity index (χ2n) is 7.42. The van der Waals surface area contributed by atoms with Crippen molar-refractivity contribution in [3.8, 4) is 0 Å². The third kappa shape index (κ3) is 5.64. The minimum atomic E-state index is -0.234. The normalized spacial score (nSPS) is 16.3. The topological polar surface area (TPSA) is 62.5 Å². The summed E-state index contributed by atoms with van der Waals surface area (Å²) in [5.41, 5.74) is 2.35. The van der Waals surface area contributed by atoms with E-state index in [9.17, 15) is 4.79 Å².